The molecule has 0 spiro atoms. The van der Waals surface area contributed by atoms with E-state index in [1.807, 2.05) is 6.07 Å². The molecule has 0 aromatic carbocycles. The molecule has 1 aliphatic rings. The predicted molar refractivity (Wildman–Crippen MR) is 74.1 cm³/mol. The van der Waals surface area contributed by atoms with Gasteiger partial charge >= 0.3 is 0 Å². The molecule has 0 bridgehead atoms. The fourth-order valence-electron chi connectivity index (χ4n) is 2.39. The van der Waals surface area contributed by atoms with Gasteiger partial charge in [-0.3, -0.25) is 0 Å². The molecule has 1 aliphatic heterocycles. The van der Waals surface area contributed by atoms with Crippen molar-refractivity contribution < 1.29 is 4.74 Å². The Hall–Kier alpha value is -1.49. The Morgan fingerprint density at radius 3 is 2.67 bits per heavy atom. The molecule has 2 N–H and O–H groups in total. The van der Waals surface area contributed by atoms with Gasteiger partial charge in [-0.25, -0.2) is 0 Å². The maximum absolute atomic E-state index is 6.01. The molecular weight excluding hydrogens is 228 g/mol. The van der Waals surface area contributed by atoms with Crippen LogP contribution in [0.2, 0.25) is 0 Å². The molecule has 0 atom stereocenters. The van der Waals surface area contributed by atoms with E-state index in [0.717, 1.165) is 31.7 Å². The third-order valence-electron chi connectivity index (χ3n) is 3.66. The number of anilines is 2. The maximum atomic E-state index is 6.01. The van der Waals surface area contributed by atoms with Crippen molar-refractivity contribution in [2.24, 2.45) is 0 Å². The summed E-state index contributed by atoms with van der Waals surface area (Å²) in [5.74, 6) is 1.43. The molecule has 0 radical (unpaired) electrons. The van der Waals surface area contributed by atoms with E-state index in [9.17, 15) is 0 Å². The van der Waals surface area contributed by atoms with Crippen LogP contribution in [0, 0.1) is 0 Å². The average Bonchev–Trinajstić information content (AvgIpc) is 2.39. The van der Waals surface area contributed by atoms with Gasteiger partial charge in [-0.15, -0.1) is 0 Å². The monoisotopic (exact) mass is 250 g/mol. The van der Waals surface area contributed by atoms with Gasteiger partial charge in [-0.05, 0) is 39.0 Å². The van der Waals surface area contributed by atoms with E-state index in [1.165, 1.54) is 0 Å². The van der Waals surface area contributed by atoms with Crippen molar-refractivity contribution in [3.8, 4) is 5.88 Å². The lowest BCUT2D eigenvalue weighted by atomic mass is 10.0. The van der Waals surface area contributed by atoms with Gasteiger partial charge in [-0.2, -0.15) is 4.98 Å². The Bertz CT molecular complexity index is 402. The summed E-state index contributed by atoms with van der Waals surface area (Å²) in [6.45, 7) is 2.25. The molecule has 0 saturated carbocycles. The van der Waals surface area contributed by atoms with E-state index in [2.05, 4.69) is 28.9 Å². The fraction of sp³-hybridized carbons (Fsp3) is 0.615. The Balaban J connectivity index is 2.14. The van der Waals surface area contributed by atoms with Crippen LogP contribution in [0.5, 0.6) is 5.88 Å². The fourth-order valence-corrected chi connectivity index (χ4v) is 2.39. The topological polar surface area (TPSA) is 54.6 Å². The number of hydrogen-bond donors (Lipinski definition) is 1. The quantitative estimate of drug-likeness (QED) is 0.873. The van der Waals surface area contributed by atoms with Crippen molar-refractivity contribution in [1.29, 1.82) is 0 Å². The van der Waals surface area contributed by atoms with Crippen LogP contribution in [0.15, 0.2) is 12.1 Å². The second kappa shape index (κ2) is 5.44. The van der Waals surface area contributed by atoms with Gasteiger partial charge in [0.25, 0.3) is 0 Å². The third kappa shape index (κ3) is 2.67. The van der Waals surface area contributed by atoms with Gasteiger partial charge in [0.05, 0.1) is 12.8 Å². The van der Waals surface area contributed by atoms with E-state index in [1.54, 1.807) is 13.2 Å². The number of rotatable bonds is 3. The number of ether oxygens (including phenoxy) is 1. The number of hydrogen-bond acceptors (Lipinski definition) is 5. The maximum Gasteiger partial charge on any atom is 0.215 e. The van der Waals surface area contributed by atoms with Crippen LogP contribution in [0.1, 0.15) is 12.8 Å². The van der Waals surface area contributed by atoms with E-state index >= 15 is 0 Å². The van der Waals surface area contributed by atoms with E-state index in [-0.39, 0.29) is 0 Å². The van der Waals surface area contributed by atoms with Gasteiger partial charge in [0.2, 0.25) is 5.88 Å². The Kier molecular flexibility index (Phi) is 3.91. The van der Waals surface area contributed by atoms with E-state index in [0.29, 0.717) is 17.6 Å². The molecule has 1 aromatic rings. The van der Waals surface area contributed by atoms with Crippen LogP contribution < -0.4 is 15.4 Å². The number of nitrogen functional groups attached to an aromatic ring is 1. The van der Waals surface area contributed by atoms with Gasteiger partial charge in [-0.1, -0.05) is 0 Å². The zero-order valence-corrected chi connectivity index (χ0v) is 11.4. The molecule has 5 heteroatoms. The lowest BCUT2D eigenvalue weighted by Crippen LogP contribution is -2.42. The molecule has 2 rings (SSSR count). The van der Waals surface area contributed by atoms with Gasteiger partial charge in [0.1, 0.15) is 0 Å². The van der Waals surface area contributed by atoms with Crippen molar-refractivity contribution in [2.75, 3.05) is 44.9 Å². The molecule has 18 heavy (non-hydrogen) atoms. The summed E-state index contributed by atoms with van der Waals surface area (Å²) in [4.78, 5) is 8.99. The second-order valence-electron chi connectivity index (χ2n) is 4.91. The van der Waals surface area contributed by atoms with Crippen molar-refractivity contribution in [1.82, 2.24) is 9.88 Å². The summed E-state index contributed by atoms with van der Waals surface area (Å²) in [6.07, 6.45) is 2.29. The number of methoxy groups -OCH3 is 1. The number of likely N-dealkylation sites (tertiary alicyclic amines) is 1. The number of nitrogens with zero attached hydrogens (tertiary/aromatic N) is 3. The first kappa shape index (κ1) is 13.0. The van der Waals surface area contributed by atoms with E-state index in [4.69, 9.17) is 10.5 Å². The lowest BCUT2D eigenvalue weighted by Gasteiger charge is -2.36. The molecular formula is C13H22N4O. The molecule has 0 aliphatic carbocycles. The first-order valence-corrected chi connectivity index (χ1v) is 6.33. The summed E-state index contributed by atoms with van der Waals surface area (Å²) in [7, 11) is 5.85. The standard InChI is InChI=1S/C13H22N4O/c1-16-8-6-10(7-9-16)17(2)13-11(14)4-5-12(15-13)18-3/h4-5,10H,6-9,14H2,1-3H3. The summed E-state index contributed by atoms with van der Waals surface area (Å²) in [5.41, 5.74) is 6.71. The molecule has 1 saturated heterocycles. The minimum atomic E-state index is 0.503. The normalized spacial score (nSPS) is 17.7. The first-order valence-electron chi connectivity index (χ1n) is 6.33. The van der Waals surface area contributed by atoms with Crippen LogP contribution in [0.3, 0.4) is 0 Å². The Morgan fingerprint density at radius 2 is 2.06 bits per heavy atom. The number of nitrogens with two attached hydrogens (primary N) is 1. The highest BCUT2D eigenvalue weighted by Gasteiger charge is 2.23. The second-order valence-corrected chi connectivity index (χ2v) is 4.91. The van der Waals surface area contributed by atoms with Crippen LogP contribution in [-0.2, 0) is 0 Å². The SMILES string of the molecule is COc1ccc(N)c(N(C)C2CCN(C)CC2)n1. The molecule has 1 aromatic heterocycles. The Morgan fingerprint density at radius 1 is 1.39 bits per heavy atom. The van der Waals surface area contributed by atoms with Crippen molar-refractivity contribution in [3.63, 3.8) is 0 Å². The van der Waals surface area contributed by atoms with Crippen molar-refractivity contribution in [2.45, 2.75) is 18.9 Å². The minimum absolute atomic E-state index is 0.503. The average molecular weight is 250 g/mol. The largest absolute Gasteiger partial charge is 0.481 e. The van der Waals surface area contributed by atoms with Crippen LogP contribution in [0.25, 0.3) is 0 Å². The highest BCUT2D eigenvalue weighted by molar-refractivity contribution is 5.63. The van der Waals surface area contributed by atoms with Crippen molar-refractivity contribution in [3.05, 3.63) is 12.1 Å². The lowest BCUT2D eigenvalue weighted by molar-refractivity contribution is 0.252. The van der Waals surface area contributed by atoms with Gasteiger partial charge < -0.3 is 20.3 Å². The first-order chi connectivity index (χ1) is 8.61. The summed E-state index contributed by atoms with van der Waals surface area (Å²) >= 11 is 0. The molecule has 100 valence electrons. The zero-order valence-electron chi connectivity index (χ0n) is 11.4. The summed E-state index contributed by atoms with van der Waals surface area (Å²) < 4.78 is 5.16. The molecule has 1 fully saturated rings. The Labute approximate surface area is 109 Å². The highest BCUT2D eigenvalue weighted by Crippen LogP contribution is 2.27. The van der Waals surface area contributed by atoms with Gasteiger partial charge in [0, 0.05) is 19.2 Å². The number of aromatic nitrogens is 1. The molecule has 0 unspecified atom stereocenters. The highest BCUT2D eigenvalue weighted by atomic mass is 16.5. The molecule has 5 nitrogen and oxygen atoms in total. The van der Waals surface area contributed by atoms with Crippen LogP contribution in [-0.4, -0.2) is 50.2 Å². The van der Waals surface area contributed by atoms with Crippen LogP contribution >= 0.6 is 0 Å². The number of piperidine rings is 1. The van der Waals surface area contributed by atoms with Crippen LogP contribution in [0.4, 0.5) is 11.5 Å². The minimum Gasteiger partial charge on any atom is -0.481 e. The zero-order chi connectivity index (χ0) is 13.1. The molecule has 0 amide bonds. The summed E-state index contributed by atoms with van der Waals surface area (Å²) in [5, 5.41) is 0. The van der Waals surface area contributed by atoms with Gasteiger partial charge in [0.15, 0.2) is 5.82 Å². The summed E-state index contributed by atoms with van der Waals surface area (Å²) in [6, 6.07) is 4.15. The third-order valence-corrected chi connectivity index (χ3v) is 3.66. The van der Waals surface area contributed by atoms with Crippen molar-refractivity contribution >= 4 is 11.5 Å². The number of pyridine rings is 1. The molecule has 2 heterocycles. The smallest absolute Gasteiger partial charge is 0.215 e. The van der Waals surface area contributed by atoms with E-state index < -0.39 is 0 Å². The predicted octanol–water partition coefficient (Wildman–Crippen LogP) is 1.20.